The molecule has 6 heteroatoms. The Balaban J connectivity index is 2.26. The van der Waals surface area contributed by atoms with Crippen molar-refractivity contribution in [3.8, 4) is 0 Å². The van der Waals surface area contributed by atoms with Crippen molar-refractivity contribution in [3.63, 3.8) is 0 Å². The lowest BCUT2D eigenvalue weighted by atomic mass is 9.89. The number of thiophene rings is 1. The quantitative estimate of drug-likeness (QED) is 0.814. The number of carbonyl (C=O) groups excluding carboxylic acids is 1. The summed E-state index contributed by atoms with van der Waals surface area (Å²) in [5.41, 5.74) is 0.830. The van der Waals surface area contributed by atoms with Gasteiger partial charge in [0.05, 0.1) is 17.9 Å². The van der Waals surface area contributed by atoms with E-state index in [1.807, 2.05) is 0 Å². The third-order valence-corrected chi connectivity index (χ3v) is 5.04. The minimum absolute atomic E-state index is 0.247. The normalized spacial score (nSPS) is 18.2. The molecule has 106 valence electrons. The van der Waals surface area contributed by atoms with Gasteiger partial charge in [0, 0.05) is 4.88 Å². The van der Waals surface area contributed by atoms with Crippen molar-refractivity contribution in [3.05, 3.63) is 26.6 Å². The van der Waals surface area contributed by atoms with Gasteiger partial charge in [0.1, 0.15) is 10.7 Å². The zero-order valence-electron chi connectivity index (χ0n) is 11.4. The van der Waals surface area contributed by atoms with Crippen LogP contribution >= 0.6 is 11.3 Å². The number of carboxylic acid groups (broad SMARTS) is 1. The molecule has 0 bridgehead atoms. The molecule has 0 aromatic carbocycles. The van der Waals surface area contributed by atoms with Crippen LogP contribution in [0, 0.1) is 12.8 Å². The molecule has 0 N–H and O–H groups in total. The fourth-order valence-electron chi connectivity index (χ4n) is 2.84. The van der Waals surface area contributed by atoms with Gasteiger partial charge in [-0.25, -0.2) is 4.98 Å². The van der Waals surface area contributed by atoms with Crippen LogP contribution in [-0.2, 0) is 24.2 Å². The fourth-order valence-corrected chi connectivity index (χ4v) is 4.26. The van der Waals surface area contributed by atoms with Gasteiger partial charge in [-0.2, -0.15) is 0 Å². The molecule has 1 atom stereocenters. The zero-order chi connectivity index (χ0) is 14.4. The highest BCUT2D eigenvalue weighted by Crippen LogP contribution is 2.35. The lowest BCUT2D eigenvalue weighted by Gasteiger charge is -2.17. The number of hydrogen-bond acceptors (Lipinski definition) is 5. The zero-order valence-corrected chi connectivity index (χ0v) is 12.2. The first-order valence-electron chi connectivity index (χ1n) is 6.69. The van der Waals surface area contributed by atoms with Crippen LogP contribution in [0.3, 0.4) is 0 Å². The van der Waals surface area contributed by atoms with Crippen molar-refractivity contribution >= 4 is 27.5 Å². The molecule has 0 saturated heterocycles. The molecular weight excluding hydrogens is 276 g/mol. The van der Waals surface area contributed by atoms with Crippen LogP contribution in [0.25, 0.3) is 10.2 Å². The number of nitrogens with zero attached hydrogens (tertiary/aromatic N) is 2. The van der Waals surface area contributed by atoms with Gasteiger partial charge in [-0.15, -0.1) is 11.3 Å². The second-order valence-electron chi connectivity index (χ2n) is 5.45. The van der Waals surface area contributed by atoms with Gasteiger partial charge in [0.25, 0.3) is 5.56 Å². The predicted molar refractivity (Wildman–Crippen MR) is 74.8 cm³/mol. The number of aromatic nitrogens is 2. The van der Waals surface area contributed by atoms with E-state index in [0.29, 0.717) is 17.1 Å². The second-order valence-corrected chi connectivity index (χ2v) is 6.54. The highest BCUT2D eigenvalue weighted by molar-refractivity contribution is 7.18. The van der Waals surface area contributed by atoms with Crippen LogP contribution < -0.4 is 10.7 Å². The minimum Gasteiger partial charge on any atom is -0.548 e. The Hall–Kier alpha value is -1.69. The molecule has 1 aliphatic carbocycles. The number of carboxylic acids is 1. The summed E-state index contributed by atoms with van der Waals surface area (Å²) in [5, 5.41) is 11.4. The van der Waals surface area contributed by atoms with Crippen LogP contribution in [0.4, 0.5) is 0 Å². The third kappa shape index (κ3) is 2.04. The molecule has 20 heavy (non-hydrogen) atoms. The van der Waals surface area contributed by atoms with Crippen LogP contribution in [0.2, 0.25) is 0 Å². The average Bonchev–Trinajstić information content (AvgIpc) is 2.71. The van der Waals surface area contributed by atoms with Crippen molar-refractivity contribution in [2.45, 2.75) is 39.7 Å². The van der Waals surface area contributed by atoms with Crippen LogP contribution in [0.1, 0.15) is 29.6 Å². The lowest BCUT2D eigenvalue weighted by Crippen LogP contribution is -2.34. The van der Waals surface area contributed by atoms with Gasteiger partial charge in [-0.05, 0) is 37.7 Å². The molecule has 0 aliphatic heterocycles. The van der Waals surface area contributed by atoms with Gasteiger partial charge in [0.15, 0.2) is 0 Å². The third-order valence-electron chi connectivity index (χ3n) is 3.89. The first-order valence-corrected chi connectivity index (χ1v) is 7.50. The van der Waals surface area contributed by atoms with E-state index in [4.69, 9.17) is 0 Å². The van der Waals surface area contributed by atoms with E-state index in [2.05, 4.69) is 11.9 Å². The van der Waals surface area contributed by atoms with Gasteiger partial charge >= 0.3 is 0 Å². The monoisotopic (exact) mass is 291 g/mol. The van der Waals surface area contributed by atoms with E-state index in [1.54, 1.807) is 18.3 Å². The average molecular weight is 291 g/mol. The van der Waals surface area contributed by atoms with E-state index >= 15 is 0 Å². The summed E-state index contributed by atoms with van der Waals surface area (Å²) in [7, 11) is 0. The Kier molecular flexibility index (Phi) is 3.12. The Bertz CT molecular complexity index is 760. The van der Waals surface area contributed by atoms with Crippen LogP contribution in [-0.4, -0.2) is 15.5 Å². The highest BCUT2D eigenvalue weighted by Gasteiger charge is 2.23. The fraction of sp³-hybridized carbons (Fsp3) is 0.500. The number of aryl methyl sites for hydroxylation is 2. The Labute approximate surface area is 119 Å². The summed E-state index contributed by atoms with van der Waals surface area (Å²) in [5.74, 6) is -0.213. The lowest BCUT2D eigenvalue weighted by molar-refractivity contribution is -0.306. The summed E-state index contributed by atoms with van der Waals surface area (Å²) in [6.45, 7) is 3.43. The minimum atomic E-state index is -1.27. The number of carbonyl (C=O) groups is 1. The summed E-state index contributed by atoms with van der Waals surface area (Å²) < 4.78 is 1.20. The predicted octanol–water partition coefficient (Wildman–Crippen LogP) is 0.641. The Morgan fingerprint density at radius 3 is 3.00 bits per heavy atom. The second kappa shape index (κ2) is 4.70. The van der Waals surface area contributed by atoms with Crippen molar-refractivity contribution in [1.82, 2.24) is 9.55 Å². The molecule has 0 fully saturated rings. The first kappa shape index (κ1) is 13.3. The number of rotatable bonds is 2. The standard InChI is InChI=1S/C14H16N2O3S/c1-7-3-4-9-10(5-7)20-13-12(9)14(19)16(6-11(17)18)8(2)15-13/h7H,3-6H2,1-2H3,(H,17,18)/p-1/t7-/m1/s1. The highest BCUT2D eigenvalue weighted by atomic mass is 32.1. The molecule has 2 aromatic rings. The van der Waals surface area contributed by atoms with Gasteiger partial charge in [-0.3, -0.25) is 9.36 Å². The van der Waals surface area contributed by atoms with E-state index in [0.717, 1.165) is 29.7 Å². The number of aliphatic carboxylic acids is 1. The summed E-state index contributed by atoms with van der Waals surface area (Å²) >= 11 is 1.57. The summed E-state index contributed by atoms with van der Waals surface area (Å²) in [4.78, 5) is 29.7. The summed E-state index contributed by atoms with van der Waals surface area (Å²) in [6, 6.07) is 0. The van der Waals surface area contributed by atoms with Gasteiger partial charge < -0.3 is 9.90 Å². The molecular formula is C14H15N2O3S-. The molecule has 2 aromatic heterocycles. The molecule has 0 radical (unpaired) electrons. The topological polar surface area (TPSA) is 75.0 Å². The molecule has 0 saturated carbocycles. The molecule has 0 amide bonds. The maximum Gasteiger partial charge on any atom is 0.262 e. The number of fused-ring (bicyclic) bond motifs is 3. The molecule has 1 aliphatic rings. The van der Waals surface area contributed by atoms with Gasteiger partial charge in [-0.1, -0.05) is 6.92 Å². The van der Waals surface area contributed by atoms with Crippen molar-refractivity contribution in [1.29, 1.82) is 0 Å². The number of hydrogen-bond donors (Lipinski definition) is 0. The van der Waals surface area contributed by atoms with E-state index in [9.17, 15) is 14.7 Å². The first-order chi connectivity index (χ1) is 9.47. The SMILES string of the molecule is Cc1nc2sc3c(c2c(=O)n1CC(=O)[O-])CC[C@@H](C)C3. The van der Waals surface area contributed by atoms with Crippen molar-refractivity contribution in [2.24, 2.45) is 5.92 Å². The maximum absolute atomic E-state index is 12.5. The Morgan fingerprint density at radius 1 is 1.55 bits per heavy atom. The van der Waals surface area contributed by atoms with Crippen molar-refractivity contribution < 1.29 is 9.90 Å². The van der Waals surface area contributed by atoms with E-state index in [-0.39, 0.29) is 5.56 Å². The summed E-state index contributed by atoms with van der Waals surface area (Å²) in [6.07, 6.45) is 2.92. The molecule has 0 unspecified atom stereocenters. The molecule has 0 spiro atoms. The van der Waals surface area contributed by atoms with Crippen LogP contribution in [0.15, 0.2) is 4.79 Å². The molecule has 3 rings (SSSR count). The van der Waals surface area contributed by atoms with E-state index < -0.39 is 12.5 Å². The Morgan fingerprint density at radius 2 is 2.30 bits per heavy atom. The molecule has 5 nitrogen and oxygen atoms in total. The largest absolute Gasteiger partial charge is 0.548 e. The van der Waals surface area contributed by atoms with Crippen molar-refractivity contribution in [2.75, 3.05) is 0 Å². The van der Waals surface area contributed by atoms with E-state index in [1.165, 1.54) is 9.44 Å². The maximum atomic E-state index is 12.5. The van der Waals surface area contributed by atoms with Crippen LogP contribution in [0.5, 0.6) is 0 Å². The smallest absolute Gasteiger partial charge is 0.262 e. The molecule has 2 heterocycles. The van der Waals surface area contributed by atoms with Gasteiger partial charge in [0.2, 0.25) is 0 Å².